The van der Waals surface area contributed by atoms with Crippen molar-refractivity contribution >= 4 is 11.8 Å². The van der Waals surface area contributed by atoms with E-state index in [1.807, 2.05) is 6.92 Å². The number of Topliss-reactive ketones (excluding diaryl/α,β-unsaturated/α-hetero) is 1. The highest BCUT2D eigenvalue weighted by molar-refractivity contribution is 5.87. The standard InChI is InChI=1S/C48H76O19/c1-43(2)16-22-21-8-9-26-45(4)12-11-28(46(5,20-51)25(45)10-13-48(26,7)47(21,6)15-14-44(22,3)27(52)17-43)64-42-38(34(58)33(57)36(65-42)39(60)61)67-41-37(32(56)30(54)24(19-50)63-41)66-40-35(59)31(55)29(53)23(18-49)62-40/h8,22-26,28-38,40-42,49-51,53-59H,9-20H2,1-7H3,(H,60,61). The van der Waals surface area contributed by atoms with E-state index >= 15 is 0 Å². The molecule has 11 N–H and O–H groups in total. The summed E-state index contributed by atoms with van der Waals surface area (Å²) in [5.41, 5.74) is -0.597. The summed E-state index contributed by atoms with van der Waals surface area (Å²) in [6.07, 6.45) is -19.5. The first-order valence-corrected chi connectivity index (χ1v) is 24.3. The SMILES string of the molecule is CC1(C)CC(=O)C2(C)CCC3(C)C(=CCC4C5(C)CCC(OC6OC(C(=O)O)C(O)C(O)C6OC6OC(CO)C(O)C(O)C6OC6OC(CO)C(O)C(O)C6O)C(C)(CO)C5CCC43C)C2C1. The minimum atomic E-state index is -2.10. The summed E-state index contributed by atoms with van der Waals surface area (Å²) in [5, 5.41) is 118. The molecule has 3 saturated heterocycles. The number of allylic oxidation sites excluding steroid dienone is 2. The molecule has 0 spiro atoms. The molecular formula is C48H76O19. The normalized spacial score (nSPS) is 54.2. The van der Waals surface area contributed by atoms with E-state index < -0.39 is 123 Å². The second-order valence-electron chi connectivity index (χ2n) is 23.4. The summed E-state index contributed by atoms with van der Waals surface area (Å²) in [7, 11) is 0. The Morgan fingerprint density at radius 2 is 1.25 bits per heavy atom. The number of carbonyl (C=O) groups is 2. The molecule has 3 aliphatic heterocycles. The largest absolute Gasteiger partial charge is 0.479 e. The van der Waals surface area contributed by atoms with Crippen LogP contribution >= 0.6 is 0 Å². The Labute approximate surface area is 391 Å². The van der Waals surface area contributed by atoms with Crippen molar-refractivity contribution in [2.24, 2.45) is 50.2 Å². The lowest BCUT2D eigenvalue weighted by molar-refractivity contribution is -0.397. The Morgan fingerprint density at radius 1 is 0.672 bits per heavy atom. The summed E-state index contributed by atoms with van der Waals surface area (Å²) in [5.74, 6) is -0.996. The van der Waals surface area contributed by atoms with Gasteiger partial charge in [-0.25, -0.2) is 4.79 Å². The second-order valence-corrected chi connectivity index (χ2v) is 23.4. The lowest BCUT2D eigenvalue weighted by Gasteiger charge is -2.71. The molecule has 5 aliphatic carbocycles. The topological polar surface area (TPSA) is 312 Å². The molecule has 0 aromatic rings. The van der Waals surface area contributed by atoms with Crippen LogP contribution in [0.15, 0.2) is 11.6 Å². The number of hydrogen-bond acceptors (Lipinski definition) is 18. The van der Waals surface area contributed by atoms with Gasteiger partial charge in [0.05, 0.1) is 25.9 Å². The highest BCUT2D eigenvalue weighted by atomic mass is 16.8. The van der Waals surface area contributed by atoms with E-state index in [9.17, 15) is 65.8 Å². The number of aliphatic hydroxyl groups is 10. The molecule has 0 radical (unpaired) electrons. The van der Waals surface area contributed by atoms with Gasteiger partial charge in [0.15, 0.2) is 25.0 Å². The van der Waals surface area contributed by atoms with Gasteiger partial charge in [-0.15, -0.1) is 0 Å². The number of hydrogen-bond donors (Lipinski definition) is 11. The van der Waals surface area contributed by atoms with E-state index in [0.29, 0.717) is 25.0 Å². The summed E-state index contributed by atoms with van der Waals surface area (Å²) < 4.78 is 35.9. The van der Waals surface area contributed by atoms with Crippen LogP contribution in [0.4, 0.5) is 0 Å². The fourth-order valence-corrected chi connectivity index (χ4v) is 14.9. The molecule has 7 fully saturated rings. The minimum absolute atomic E-state index is 0.0909. The lowest BCUT2D eigenvalue weighted by atomic mass is 9.33. The van der Waals surface area contributed by atoms with Gasteiger partial charge in [0.2, 0.25) is 0 Å². The maximum absolute atomic E-state index is 13.8. The third-order valence-electron chi connectivity index (χ3n) is 19.3. The van der Waals surface area contributed by atoms with Crippen LogP contribution < -0.4 is 0 Å². The summed E-state index contributed by atoms with van der Waals surface area (Å²) in [6, 6.07) is 0. The van der Waals surface area contributed by atoms with Crippen LogP contribution in [-0.2, 0) is 38.0 Å². The van der Waals surface area contributed by atoms with E-state index in [-0.39, 0.29) is 51.4 Å². The van der Waals surface area contributed by atoms with Gasteiger partial charge in [-0.3, -0.25) is 4.79 Å². The number of carboxylic acid groups (broad SMARTS) is 1. The zero-order valence-electron chi connectivity index (χ0n) is 39.7. The Balaban J connectivity index is 1.08. The molecule has 0 bridgehead atoms. The highest BCUT2D eigenvalue weighted by Crippen LogP contribution is 2.75. The van der Waals surface area contributed by atoms with Gasteiger partial charge in [0.25, 0.3) is 0 Å². The van der Waals surface area contributed by atoms with Crippen molar-refractivity contribution in [3.8, 4) is 0 Å². The van der Waals surface area contributed by atoms with Crippen LogP contribution in [0.3, 0.4) is 0 Å². The van der Waals surface area contributed by atoms with E-state index in [1.54, 1.807) is 0 Å². The number of ketones is 1. The van der Waals surface area contributed by atoms with Crippen LogP contribution in [0.5, 0.6) is 0 Å². The maximum atomic E-state index is 13.8. The molecule has 19 heteroatoms. The molecule has 8 rings (SSSR count). The van der Waals surface area contributed by atoms with E-state index in [1.165, 1.54) is 5.57 Å². The van der Waals surface area contributed by atoms with E-state index in [0.717, 1.165) is 38.5 Å². The molecule has 382 valence electrons. The van der Waals surface area contributed by atoms with Crippen LogP contribution in [0, 0.1) is 50.2 Å². The first-order chi connectivity index (χ1) is 31.3. The predicted molar refractivity (Wildman–Crippen MR) is 231 cm³/mol. The molecule has 4 saturated carbocycles. The van der Waals surface area contributed by atoms with Crippen molar-refractivity contribution in [2.75, 3.05) is 19.8 Å². The second kappa shape index (κ2) is 18.1. The smallest absolute Gasteiger partial charge is 0.335 e. The van der Waals surface area contributed by atoms with Crippen molar-refractivity contribution in [1.29, 1.82) is 0 Å². The van der Waals surface area contributed by atoms with Gasteiger partial charge < -0.3 is 84.6 Å². The minimum Gasteiger partial charge on any atom is -0.479 e. The maximum Gasteiger partial charge on any atom is 0.335 e. The third-order valence-corrected chi connectivity index (χ3v) is 19.3. The van der Waals surface area contributed by atoms with Gasteiger partial charge in [0, 0.05) is 17.3 Å². The molecule has 24 unspecified atom stereocenters. The van der Waals surface area contributed by atoms with E-state index in [2.05, 4.69) is 47.6 Å². The number of ether oxygens (including phenoxy) is 6. The fraction of sp³-hybridized carbons (Fsp3) is 0.917. The summed E-state index contributed by atoms with van der Waals surface area (Å²) in [4.78, 5) is 26.3. The van der Waals surface area contributed by atoms with Gasteiger partial charge in [-0.05, 0) is 90.8 Å². The number of fused-ring (bicyclic) bond motifs is 7. The van der Waals surface area contributed by atoms with Crippen molar-refractivity contribution < 1.29 is 94.2 Å². The van der Waals surface area contributed by atoms with Gasteiger partial charge in [-0.1, -0.05) is 60.1 Å². The Bertz CT molecular complexity index is 1880. The number of carbonyl (C=O) groups excluding carboxylic acids is 1. The average Bonchev–Trinajstić information content (AvgIpc) is 3.27. The predicted octanol–water partition coefficient (Wildman–Crippen LogP) is -0.115. The molecule has 3 heterocycles. The fourth-order valence-electron chi connectivity index (χ4n) is 14.9. The molecule has 67 heavy (non-hydrogen) atoms. The molecular weight excluding hydrogens is 881 g/mol. The first-order valence-electron chi connectivity index (χ1n) is 24.3. The van der Waals surface area contributed by atoms with Crippen molar-refractivity contribution in [1.82, 2.24) is 0 Å². The highest BCUT2D eigenvalue weighted by Gasteiger charge is 2.70. The quantitative estimate of drug-likeness (QED) is 0.101. The molecule has 0 aromatic carbocycles. The van der Waals surface area contributed by atoms with Gasteiger partial charge >= 0.3 is 5.97 Å². The zero-order chi connectivity index (χ0) is 49.1. The van der Waals surface area contributed by atoms with Crippen molar-refractivity contribution in [3.63, 3.8) is 0 Å². The first kappa shape index (κ1) is 51.6. The monoisotopic (exact) mass is 956 g/mol. The van der Waals surface area contributed by atoms with Crippen LogP contribution in [-0.4, -0.2) is 186 Å². The number of rotatable bonds is 10. The van der Waals surface area contributed by atoms with Crippen LogP contribution in [0.25, 0.3) is 0 Å². The average molecular weight is 957 g/mol. The van der Waals surface area contributed by atoms with E-state index in [4.69, 9.17) is 28.4 Å². The molecule has 24 atom stereocenters. The number of carboxylic acids is 1. The summed E-state index contributed by atoms with van der Waals surface area (Å²) in [6.45, 7) is 13.7. The number of aliphatic carboxylic acids is 1. The van der Waals surface area contributed by atoms with Crippen LogP contribution in [0.2, 0.25) is 0 Å². The molecule has 19 nitrogen and oxygen atoms in total. The molecule has 8 aliphatic rings. The molecule has 0 aromatic heterocycles. The van der Waals surface area contributed by atoms with Crippen molar-refractivity contribution in [3.05, 3.63) is 11.6 Å². The van der Waals surface area contributed by atoms with Crippen molar-refractivity contribution in [2.45, 2.75) is 204 Å². The number of aliphatic hydroxyl groups excluding tert-OH is 10. The zero-order valence-corrected chi connectivity index (χ0v) is 39.7. The Morgan fingerprint density at radius 3 is 1.87 bits per heavy atom. The Hall–Kier alpha value is -1.76. The Kier molecular flexibility index (Phi) is 13.9. The summed E-state index contributed by atoms with van der Waals surface area (Å²) >= 11 is 0. The van der Waals surface area contributed by atoms with Gasteiger partial charge in [-0.2, -0.15) is 0 Å². The molecule has 0 amide bonds. The third kappa shape index (κ3) is 8.01. The van der Waals surface area contributed by atoms with Crippen LogP contribution in [0.1, 0.15) is 106 Å². The van der Waals surface area contributed by atoms with Gasteiger partial charge in [0.1, 0.15) is 72.9 Å². The lowest BCUT2D eigenvalue weighted by Crippen LogP contribution is -2.68.